The summed E-state index contributed by atoms with van der Waals surface area (Å²) in [6.45, 7) is 5.12. The van der Waals surface area contributed by atoms with Gasteiger partial charge >= 0.3 is 6.09 Å². The lowest BCUT2D eigenvalue weighted by atomic mass is 9.86. The average molecular weight is 347 g/mol. The van der Waals surface area contributed by atoms with E-state index in [0.29, 0.717) is 19.1 Å². The highest BCUT2D eigenvalue weighted by molar-refractivity contribution is 5.79. The SMILES string of the molecule is C=C1CCC(CNC(=O)OCC2c3ccccc3-c3ccccc32)CC1. The molecule has 2 aliphatic carbocycles. The number of fused-ring (bicyclic) bond motifs is 3. The van der Waals surface area contributed by atoms with Gasteiger partial charge < -0.3 is 10.1 Å². The highest BCUT2D eigenvalue weighted by Gasteiger charge is 2.29. The van der Waals surface area contributed by atoms with Crippen LogP contribution in [0.5, 0.6) is 0 Å². The van der Waals surface area contributed by atoms with E-state index in [1.165, 1.54) is 27.8 Å². The van der Waals surface area contributed by atoms with Crippen molar-refractivity contribution in [1.82, 2.24) is 5.32 Å². The topological polar surface area (TPSA) is 38.3 Å². The zero-order chi connectivity index (χ0) is 17.9. The Morgan fingerprint density at radius 1 is 1.00 bits per heavy atom. The van der Waals surface area contributed by atoms with Gasteiger partial charge in [0.1, 0.15) is 6.61 Å². The predicted molar refractivity (Wildman–Crippen MR) is 104 cm³/mol. The van der Waals surface area contributed by atoms with Gasteiger partial charge in [-0.05, 0) is 53.9 Å². The van der Waals surface area contributed by atoms with Gasteiger partial charge in [-0.15, -0.1) is 0 Å². The minimum atomic E-state index is -0.309. The van der Waals surface area contributed by atoms with E-state index in [1.807, 2.05) is 0 Å². The van der Waals surface area contributed by atoms with Crippen LogP contribution in [0.15, 0.2) is 60.7 Å². The van der Waals surface area contributed by atoms with Crippen LogP contribution < -0.4 is 5.32 Å². The van der Waals surface area contributed by atoms with Gasteiger partial charge in [0.2, 0.25) is 0 Å². The number of hydrogen-bond acceptors (Lipinski definition) is 2. The fraction of sp³-hybridized carbons (Fsp3) is 0.348. The number of hydrogen-bond donors (Lipinski definition) is 1. The van der Waals surface area contributed by atoms with Gasteiger partial charge in [0, 0.05) is 12.5 Å². The molecule has 134 valence electrons. The number of ether oxygens (including phenoxy) is 1. The molecule has 0 saturated heterocycles. The minimum absolute atomic E-state index is 0.117. The standard InChI is InChI=1S/C23H25NO2/c1-16-10-12-17(13-11-16)14-24-23(25)26-15-22-20-8-4-2-6-18(20)19-7-3-5-9-21(19)22/h2-9,17,22H,1,10-15H2,(H,24,25). The van der Waals surface area contributed by atoms with Crippen molar-refractivity contribution < 1.29 is 9.53 Å². The maximum atomic E-state index is 12.2. The molecular formula is C23H25NO2. The fourth-order valence-corrected chi connectivity index (χ4v) is 4.17. The molecule has 3 heteroatoms. The lowest BCUT2D eigenvalue weighted by Crippen LogP contribution is -2.31. The van der Waals surface area contributed by atoms with Crippen molar-refractivity contribution in [3.05, 3.63) is 71.8 Å². The molecule has 0 bridgehead atoms. The molecule has 0 aliphatic heterocycles. The van der Waals surface area contributed by atoms with Crippen LogP contribution in [-0.4, -0.2) is 19.2 Å². The van der Waals surface area contributed by atoms with E-state index >= 15 is 0 Å². The number of amides is 1. The lowest BCUT2D eigenvalue weighted by Gasteiger charge is -2.23. The second kappa shape index (κ2) is 7.36. The number of rotatable bonds is 4. The van der Waals surface area contributed by atoms with E-state index in [4.69, 9.17) is 4.74 Å². The highest BCUT2D eigenvalue weighted by Crippen LogP contribution is 2.44. The first-order chi connectivity index (χ1) is 12.7. The van der Waals surface area contributed by atoms with E-state index < -0.39 is 0 Å². The van der Waals surface area contributed by atoms with Gasteiger partial charge in [0.05, 0.1) is 0 Å². The van der Waals surface area contributed by atoms with Gasteiger partial charge in [-0.2, -0.15) is 0 Å². The van der Waals surface area contributed by atoms with Gasteiger partial charge in [-0.1, -0.05) is 60.7 Å². The molecule has 1 N–H and O–H groups in total. The molecule has 0 unspecified atom stereocenters. The van der Waals surface area contributed by atoms with Crippen molar-refractivity contribution in [3.8, 4) is 11.1 Å². The van der Waals surface area contributed by atoms with E-state index in [2.05, 4.69) is 60.4 Å². The van der Waals surface area contributed by atoms with Crippen LogP contribution in [0, 0.1) is 5.92 Å². The maximum absolute atomic E-state index is 12.2. The summed E-state index contributed by atoms with van der Waals surface area (Å²) in [4.78, 5) is 12.2. The van der Waals surface area contributed by atoms with Crippen molar-refractivity contribution in [2.24, 2.45) is 5.92 Å². The Morgan fingerprint density at radius 3 is 2.19 bits per heavy atom. The van der Waals surface area contributed by atoms with Crippen LogP contribution in [0.1, 0.15) is 42.7 Å². The molecular weight excluding hydrogens is 322 g/mol. The first kappa shape index (κ1) is 16.9. The van der Waals surface area contributed by atoms with Gasteiger partial charge in [0.25, 0.3) is 0 Å². The summed E-state index contributed by atoms with van der Waals surface area (Å²) in [6, 6.07) is 16.8. The number of allylic oxidation sites excluding steroid dienone is 1. The average Bonchev–Trinajstić information content (AvgIpc) is 3.00. The molecule has 3 nitrogen and oxygen atoms in total. The van der Waals surface area contributed by atoms with Crippen molar-refractivity contribution in [3.63, 3.8) is 0 Å². The molecule has 2 aromatic rings. The summed E-state index contributed by atoms with van der Waals surface area (Å²) in [7, 11) is 0. The van der Waals surface area contributed by atoms with E-state index in [9.17, 15) is 4.79 Å². The molecule has 4 rings (SSSR count). The third-order valence-electron chi connectivity index (χ3n) is 5.69. The van der Waals surface area contributed by atoms with Crippen LogP contribution in [0.4, 0.5) is 4.79 Å². The fourth-order valence-electron chi connectivity index (χ4n) is 4.17. The molecule has 2 aromatic carbocycles. The number of benzene rings is 2. The molecule has 0 atom stereocenters. The summed E-state index contributed by atoms with van der Waals surface area (Å²) in [5.74, 6) is 0.659. The third kappa shape index (κ3) is 3.39. The van der Waals surface area contributed by atoms with E-state index in [1.54, 1.807) is 0 Å². The second-order valence-electron chi connectivity index (χ2n) is 7.40. The van der Waals surface area contributed by atoms with Gasteiger partial charge in [0.15, 0.2) is 0 Å². The van der Waals surface area contributed by atoms with Crippen LogP contribution in [0.25, 0.3) is 11.1 Å². The zero-order valence-corrected chi connectivity index (χ0v) is 15.0. The first-order valence-corrected chi connectivity index (χ1v) is 9.48. The monoisotopic (exact) mass is 347 g/mol. The quantitative estimate of drug-likeness (QED) is 0.765. The number of nitrogens with one attached hydrogen (secondary N) is 1. The van der Waals surface area contributed by atoms with Crippen LogP contribution >= 0.6 is 0 Å². The normalized spacial score (nSPS) is 16.8. The molecule has 1 fully saturated rings. The summed E-state index contributed by atoms with van der Waals surface area (Å²) < 4.78 is 5.58. The summed E-state index contributed by atoms with van der Waals surface area (Å²) >= 11 is 0. The third-order valence-corrected chi connectivity index (χ3v) is 5.69. The molecule has 0 radical (unpaired) electrons. The molecule has 0 aromatic heterocycles. The Kier molecular flexibility index (Phi) is 4.79. The largest absolute Gasteiger partial charge is 0.449 e. The number of carbonyl (C=O) groups is 1. The Bertz CT molecular complexity index is 771. The Morgan fingerprint density at radius 2 is 1.58 bits per heavy atom. The Labute approximate surface area is 155 Å². The summed E-state index contributed by atoms with van der Waals surface area (Å²) in [5, 5.41) is 2.95. The second-order valence-corrected chi connectivity index (χ2v) is 7.40. The van der Waals surface area contributed by atoms with Crippen molar-refractivity contribution in [2.45, 2.75) is 31.6 Å². The maximum Gasteiger partial charge on any atom is 0.407 e. The van der Waals surface area contributed by atoms with Crippen LogP contribution in [0.2, 0.25) is 0 Å². The smallest absolute Gasteiger partial charge is 0.407 e. The molecule has 1 amide bonds. The predicted octanol–water partition coefficient (Wildman–Crippen LogP) is 5.27. The van der Waals surface area contributed by atoms with Gasteiger partial charge in [-0.3, -0.25) is 0 Å². The Hall–Kier alpha value is -2.55. The molecule has 26 heavy (non-hydrogen) atoms. The highest BCUT2D eigenvalue weighted by atomic mass is 16.5. The number of alkyl carbamates (subject to hydrolysis) is 1. The number of carbonyl (C=O) groups excluding carboxylic acids is 1. The van der Waals surface area contributed by atoms with Gasteiger partial charge in [-0.25, -0.2) is 4.79 Å². The minimum Gasteiger partial charge on any atom is -0.449 e. The van der Waals surface area contributed by atoms with Crippen LogP contribution in [0.3, 0.4) is 0 Å². The van der Waals surface area contributed by atoms with Crippen molar-refractivity contribution in [2.75, 3.05) is 13.2 Å². The van der Waals surface area contributed by atoms with Crippen molar-refractivity contribution in [1.29, 1.82) is 0 Å². The molecule has 1 saturated carbocycles. The van der Waals surface area contributed by atoms with Crippen molar-refractivity contribution >= 4 is 6.09 Å². The molecule has 2 aliphatic rings. The summed E-state index contributed by atoms with van der Waals surface area (Å²) in [5.41, 5.74) is 6.32. The summed E-state index contributed by atoms with van der Waals surface area (Å²) in [6.07, 6.45) is 4.08. The molecule has 0 spiro atoms. The van der Waals surface area contributed by atoms with E-state index in [-0.39, 0.29) is 12.0 Å². The molecule has 0 heterocycles. The zero-order valence-electron chi connectivity index (χ0n) is 15.0. The van der Waals surface area contributed by atoms with E-state index in [0.717, 1.165) is 25.7 Å². The van der Waals surface area contributed by atoms with Crippen LogP contribution in [-0.2, 0) is 4.74 Å². The lowest BCUT2D eigenvalue weighted by molar-refractivity contribution is 0.140. The Balaban J connectivity index is 1.36. The first-order valence-electron chi connectivity index (χ1n) is 9.48.